The molecule has 18 heavy (non-hydrogen) atoms. The Morgan fingerprint density at radius 2 is 2.17 bits per heavy atom. The molecule has 0 aliphatic carbocycles. The van der Waals surface area contributed by atoms with E-state index in [1.807, 2.05) is 0 Å². The predicted octanol–water partition coefficient (Wildman–Crippen LogP) is 1.75. The normalized spacial score (nSPS) is 9.61. The molecule has 0 bridgehead atoms. The zero-order valence-electron chi connectivity index (χ0n) is 9.19. The van der Waals surface area contributed by atoms with Gasteiger partial charge in [0.1, 0.15) is 12.4 Å². The van der Waals surface area contributed by atoms with Crippen molar-refractivity contribution in [1.29, 1.82) is 0 Å². The summed E-state index contributed by atoms with van der Waals surface area (Å²) >= 11 is 3.10. The summed E-state index contributed by atoms with van der Waals surface area (Å²) in [5.74, 6) is -0.221. The van der Waals surface area contributed by atoms with E-state index in [2.05, 4.69) is 21.9 Å². The largest absolute Gasteiger partial charge is 0.480 e. The van der Waals surface area contributed by atoms with E-state index in [0.29, 0.717) is 4.47 Å². The lowest BCUT2D eigenvalue weighted by molar-refractivity contribution is -0.137. The lowest BCUT2D eigenvalue weighted by Crippen LogP contribution is -2.36. The third-order valence-electron chi connectivity index (χ3n) is 2.05. The maximum Gasteiger partial charge on any atom is 0.323 e. The lowest BCUT2D eigenvalue weighted by atomic mass is 10.2. The fraction of sp³-hybridized carbons (Fsp3) is 0.167. The number of aliphatic carboxylic acids is 1. The fourth-order valence-electron chi connectivity index (χ4n) is 1.30. The van der Waals surface area contributed by atoms with Crippen LogP contribution in [0.25, 0.3) is 0 Å². The van der Waals surface area contributed by atoms with E-state index in [1.54, 1.807) is 0 Å². The summed E-state index contributed by atoms with van der Waals surface area (Å²) in [6, 6.07) is 3.58. The number of hydrogen-bond donors (Lipinski definition) is 1. The van der Waals surface area contributed by atoms with Gasteiger partial charge < -0.3 is 10.0 Å². The number of rotatable bonds is 4. The van der Waals surface area contributed by atoms with E-state index in [-0.39, 0.29) is 12.1 Å². The van der Waals surface area contributed by atoms with Crippen LogP contribution >= 0.6 is 15.9 Å². The van der Waals surface area contributed by atoms with Crippen molar-refractivity contribution in [1.82, 2.24) is 4.90 Å². The molecule has 0 spiro atoms. The monoisotopic (exact) mass is 313 g/mol. The Balaban J connectivity index is 3.05. The lowest BCUT2D eigenvalue weighted by Gasteiger charge is -2.18. The van der Waals surface area contributed by atoms with Crippen LogP contribution in [-0.2, 0) is 4.79 Å². The zero-order valence-corrected chi connectivity index (χ0v) is 10.8. The number of halogens is 2. The van der Waals surface area contributed by atoms with E-state index in [4.69, 9.17) is 11.5 Å². The van der Waals surface area contributed by atoms with Crippen LogP contribution in [-0.4, -0.2) is 35.0 Å². The van der Waals surface area contributed by atoms with Gasteiger partial charge in [-0.25, -0.2) is 4.39 Å². The highest BCUT2D eigenvalue weighted by molar-refractivity contribution is 9.10. The van der Waals surface area contributed by atoms with Crippen molar-refractivity contribution >= 4 is 27.8 Å². The van der Waals surface area contributed by atoms with E-state index < -0.39 is 24.2 Å². The van der Waals surface area contributed by atoms with Gasteiger partial charge >= 0.3 is 5.97 Å². The third kappa shape index (κ3) is 3.57. The van der Waals surface area contributed by atoms with Crippen molar-refractivity contribution < 1.29 is 19.1 Å². The number of carbonyl (C=O) groups excluding carboxylic acids is 1. The molecule has 4 nitrogen and oxygen atoms in total. The first-order valence-electron chi connectivity index (χ1n) is 4.85. The van der Waals surface area contributed by atoms with Crippen molar-refractivity contribution in [2.24, 2.45) is 0 Å². The Bertz CT molecular complexity index is 525. The van der Waals surface area contributed by atoms with Crippen LogP contribution in [0, 0.1) is 18.2 Å². The maximum atomic E-state index is 13.1. The molecule has 0 aliphatic rings. The summed E-state index contributed by atoms with van der Waals surface area (Å²) < 4.78 is 13.4. The second kappa shape index (κ2) is 6.17. The summed E-state index contributed by atoms with van der Waals surface area (Å²) in [5.41, 5.74) is 0.0338. The van der Waals surface area contributed by atoms with E-state index in [9.17, 15) is 14.0 Å². The molecule has 0 heterocycles. The van der Waals surface area contributed by atoms with Gasteiger partial charge in [-0.3, -0.25) is 9.59 Å². The molecule has 94 valence electrons. The summed E-state index contributed by atoms with van der Waals surface area (Å²) in [6.07, 6.45) is 5.07. The van der Waals surface area contributed by atoms with E-state index in [1.165, 1.54) is 12.1 Å². The second-order valence-corrected chi connectivity index (χ2v) is 4.24. The zero-order chi connectivity index (χ0) is 13.7. The molecule has 1 rings (SSSR count). The molecule has 0 aliphatic heterocycles. The Labute approximate surface area is 112 Å². The van der Waals surface area contributed by atoms with Gasteiger partial charge in [-0.05, 0) is 34.1 Å². The Morgan fingerprint density at radius 1 is 1.50 bits per heavy atom. The smallest absolute Gasteiger partial charge is 0.323 e. The number of carboxylic acids is 1. The molecule has 1 aromatic rings. The van der Waals surface area contributed by atoms with Crippen LogP contribution in [0.5, 0.6) is 0 Å². The van der Waals surface area contributed by atoms with Gasteiger partial charge in [0, 0.05) is 4.47 Å². The van der Waals surface area contributed by atoms with Gasteiger partial charge in [-0.15, -0.1) is 6.42 Å². The van der Waals surface area contributed by atoms with E-state index >= 15 is 0 Å². The Kier molecular flexibility index (Phi) is 4.86. The summed E-state index contributed by atoms with van der Waals surface area (Å²) in [7, 11) is 0. The van der Waals surface area contributed by atoms with Crippen molar-refractivity contribution in [3.63, 3.8) is 0 Å². The summed E-state index contributed by atoms with van der Waals surface area (Å²) in [5, 5.41) is 8.68. The summed E-state index contributed by atoms with van der Waals surface area (Å²) in [6.45, 7) is -0.694. The summed E-state index contributed by atoms with van der Waals surface area (Å²) in [4.78, 5) is 23.6. The molecule has 1 N–H and O–H groups in total. The fourth-order valence-corrected chi connectivity index (χ4v) is 1.72. The number of nitrogens with zero attached hydrogens (tertiary/aromatic N) is 1. The highest BCUT2D eigenvalue weighted by Crippen LogP contribution is 2.19. The molecule has 0 fully saturated rings. The van der Waals surface area contributed by atoms with Crippen LogP contribution in [0.15, 0.2) is 22.7 Å². The van der Waals surface area contributed by atoms with Crippen molar-refractivity contribution in [3.8, 4) is 12.3 Å². The van der Waals surface area contributed by atoms with Crippen molar-refractivity contribution in [3.05, 3.63) is 34.1 Å². The molecule has 6 heteroatoms. The van der Waals surface area contributed by atoms with Gasteiger partial charge in [0.25, 0.3) is 5.91 Å². The number of hydrogen-bond acceptors (Lipinski definition) is 2. The Morgan fingerprint density at radius 3 is 2.72 bits per heavy atom. The van der Waals surface area contributed by atoms with Gasteiger partial charge in [-0.1, -0.05) is 5.92 Å². The second-order valence-electron chi connectivity index (χ2n) is 3.38. The first kappa shape index (κ1) is 14.2. The molecular formula is C12H9BrFNO3. The average Bonchev–Trinajstić information content (AvgIpc) is 2.30. The molecule has 0 atom stereocenters. The molecule has 0 saturated carbocycles. The molecular weight excluding hydrogens is 305 g/mol. The first-order valence-corrected chi connectivity index (χ1v) is 5.64. The van der Waals surface area contributed by atoms with Crippen LogP contribution < -0.4 is 0 Å². The van der Waals surface area contributed by atoms with Crippen molar-refractivity contribution in [2.45, 2.75) is 0 Å². The first-order chi connectivity index (χ1) is 8.45. The average molecular weight is 314 g/mol. The minimum Gasteiger partial charge on any atom is -0.480 e. The molecule has 1 amide bonds. The minimum atomic E-state index is -1.19. The molecule has 0 saturated heterocycles. The van der Waals surface area contributed by atoms with Crippen LogP contribution in [0.1, 0.15) is 10.4 Å². The number of terminal acetylenes is 1. The molecule has 0 radical (unpaired) electrons. The number of amides is 1. The van der Waals surface area contributed by atoms with Crippen LogP contribution in [0.4, 0.5) is 4.39 Å². The standard InChI is InChI=1S/C12H9BrFNO3/c1-2-5-15(7-11(16)17)12(18)9-6-8(14)3-4-10(9)13/h1,3-4,6H,5,7H2,(H,16,17). The number of carboxylic acid groups (broad SMARTS) is 1. The number of benzene rings is 1. The van der Waals surface area contributed by atoms with Crippen LogP contribution in [0.2, 0.25) is 0 Å². The van der Waals surface area contributed by atoms with Crippen LogP contribution in [0.3, 0.4) is 0 Å². The SMILES string of the molecule is C#CCN(CC(=O)O)C(=O)c1cc(F)ccc1Br. The third-order valence-corrected chi connectivity index (χ3v) is 2.75. The Hall–Kier alpha value is -1.87. The van der Waals surface area contributed by atoms with Crippen molar-refractivity contribution in [2.75, 3.05) is 13.1 Å². The highest BCUT2D eigenvalue weighted by atomic mass is 79.9. The molecule has 0 unspecified atom stereocenters. The minimum absolute atomic E-state index is 0.0338. The van der Waals surface area contributed by atoms with E-state index in [0.717, 1.165) is 11.0 Å². The molecule has 0 aromatic heterocycles. The van der Waals surface area contributed by atoms with Gasteiger partial charge in [-0.2, -0.15) is 0 Å². The van der Waals surface area contributed by atoms with Gasteiger partial charge in [0.05, 0.1) is 12.1 Å². The molecule has 1 aromatic carbocycles. The predicted molar refractivity (Wildman–Crippen MR) is 66.5 cm³/mol. The quantitative estimate of drug-likeness (QED) is 0.862. The number of carbonyl (C=O) groups is 2. The topological polar surface area (TPSA) is 57.6 Å². The van der Waals surface area contributed by atoms with Gasteiger partial charge in [0.15, 0.2) is 0 Å². The maximum absolute atomic E-state index is 13.1. The highest BCUT2D eigenvalue weighted by Gasteiger charge is 2.20. The van der Waals surface area contributed by atoms with Gasteiger partial charge in [0.2, 0.25) is 0 Å².